The van der Waals surface area contributed by atoms with Crippen molar-refractivity contribution >= 4 is 11.6 Å². The molecule has 30 atom stereocenters. The van der Waals surface area contributed by atoms with Crippen LogP contribution in [0, 0.1) is 23.2 Å². The van der Waals surface area contributed by atoms with Crippen LogP contribution < -0.4 is 0 Å². The van der Waals surface area contributed by atoms with Crippen molar-refractivity contribution in [3.8, 4) is 0 Å². The molecule has 6 heterocycles. The summed E-state index contributed by atoms with van der Waals surface area (Å²) >= 11 is 0. The lowest BCUT2D eigenvalue weighted by atomic mass is 9.52. The summed E-state index contributed by atoms with van der Waals surface area (Å²) in [4.78, 5) is 26.1. The Hall–Kier alpha value is -2.02. The summed E-state index contributed by atoms with van der Waals surface area (Å²) in [6.07, 6.45) is -8.15. The third-order valence-electron chi connectivity index (χ3n) is 20.5. The first-order chi connectivity index (χ1) is 40.2. The first-order valence-corrected chi connectivity index (χ1v) is 30.8. The van der Waals surface area contributed by atoms with E-state index in [1.165, 1.54) is 18.3 Å². The van der Waals surface area contributed by atoms with Crippen LogP contribution in [0.3, 0.4) is 0 Å². The van der Waals surface area contributed by atoms with Crippen molar-refractivity contribution in [3.05, 3.63) is 22.8 Å². The number of fused-ring (bicyclic) bond motifs is 4. The molecule has 6 aliphatic heterocycles. The second kappa shape index (κ2) is 27.6. The number of hydrogen-bond donors (Lipinski definition) is 4. The molecule has 0 amide bonds. The Bertz CT molecular complexity index is 2290. The molecule has 1 saturated carbocycles. The van der Waals surface area contributed by atoms with Crippen molar-refractivity contribution in [3.63, 3.8) is 0 Å². The number of rotatable bonds is 19. The van der Waals surface area contributed by atoms with E-state index in [0.717, 1.165) is 44.1 Å². The lowest BCUT2D eigenvalue weighted by molar-refractivity contribution is -0.360. The minimum Gasteiger partial charge on any atom is -0.394 e. The van der Waals surface area contributed by atoms with E-state index in [0.29, 0.717) is 38.0 Å². The van der Waals surface area contributed by atoms with Gasteiger partial charge >= 0.3 is 0 Å². The van der Waals surface area contributed by atoms with E-state index in [-0.39, 0.29) is 53.6 Å². The zero-order valence-electron chi connectivity index (χ0n) is 51.1. The van der Waals surface area contributed by atoms with E-state index in [2.05, 4.69) is 13.0 Å². The van der Waals surface area contributed by atoms with Crippen LogP contribution in [0.15, 0.2) is 22.8 Å². The van der Waals surface area contributed by atoms with E-state index >= 15 is 0 Å². The van der Waals surface area contributed by atoms with Crippen LogP contribution in [0.5, 0.6) is 0 Å². The lowest BCUT2D eigenvalue weighted by Gasteiger charge is -2.53. The molecule has 478 valence electrons. The molecule has 10 aliphatic rings. The Morgan fingerprint density at radius 3 is 1.39 bits per heavy atom. The smallest absolute Gasteiger partial charge is 0.187 e. The van der Waals surface area contributed by atoms with E-state index < -0.39 is 148 Å². The quantitative estimate of drug-likeness (QED) is 0.134. The van der Waals surface area contributed by atoms with Gasteiger partial charge in [-0.25, -0.2) is 0 Å². The molecule has 4 aliphatic carbocycles. The fraction of sp³-hybridized carbons (Fsp3) is 0.902. The summed E-state index contributed by atoms with van der Waals surface area (Å²) in [6, 6.07) is 0. The molecule has 0 unspecified atom stereocenters. The number of aliphatic hydroxyl groups is 4. The highest BCUT2D eigenvalue weighted by molar-refractivity contribution is 6.04. The number of ether oxygens (including phenoxy) is 17. The Kier molecular flexibility index (Phi) is 21.3. The zero-order chi connectivity index (χ0) is 60.1. The maximum atomic E-state index is 13.6. The first-order valence-electron chi connectivity index (χ1n) is 30.8. The third-order valence-corrected chi connectivity index (χ3v) is 20.5. The van der Waals surface area contributed by atoms with Gasteiger partial charge in [-0.15, -0.1) is 0 Å². The Labute approximate surface area is 494 Å². The summed E-state index contributed by atoms with van der Waals surface area (Å²) in [5.41, 5.74) is 3.40. The van der Waals surface area contributed by atoms with Gasteiger partial charge in [0.05, 0.1) is 73.8 Å². The van der Waals surface area contributed by atoms with Crippen molar-refractivity contribution in [2.24, 2.45) is 23.2 Å². The van der Waals surface area contributed by atoms with Gasteiger partial charge in [0.2, 0.25) is 0 Å². The fourth-order valence-electron chi connectivity index (χ4n) is 15.8. The third kappa shape index (κ3) is 13.3. The van der Waals surface area contributed by atoms with Crippen LogP contribution in [0.1, 0.15) is 126 Å². The molecule has 23 heteroatoms. The van der Waals surface area contributed by atoms with Gasteiger partial charge in [-0.1, -0.05) is 24.1 Å². The summed E-state index contributed by atoms with van der Waals surface area (Å²) in [5.74, 6) is 0.663. The molecular weight excluding hydrogens is 1100 g/mol. The van der Waals surface area contributed by atoms with Gasteiger partial charge in [-0.2, -0.15) is 0 Å². The van der Waals surface area contributed by atoms with Crippen LogP contribution in [0.4, 0.5) is 0 Å². The number of hydrogen-bond acceptors (Lipinski definition) is 23. The Balaban J connectivity index is 0.678. The summed E-state index contributed by atoms with van der Waals surface area (Å²) in [6.45, 7) is 12.9. The fourth-order valence-corrected chi connectivity index (χ4v) is 15.8. The van der Waals surface area contributed by atoms with Gasteiger partial charge in [0.1, 0.15) is 60.7 Å². The summed E-state index contributed by atoms with van der Waals surface area (Å²) in [5, 5.41) is 40.9. The van der Waals surface area contributed by atoms with Crippen molar-refractivity contribution in [1.82, 2.24) is 0 Å². The van der Waals surface area contributed by atoms with Crippen LogP contribution in [0.25, 0.3) is 0 Å². The van der Waals surface area contributed by atoms with Crippen LogP contribution in [0.2, 0.25) is 0 Å². The normalized spacial score (nSPS) is 49.2. The van der Waals surface area contributed by atoms with E-state index in [1.54, 1.807) is 42.3 Å². The largest absolute Gasteiger partial charge is 0.394 e. The molecule has 0 aromatic heterocycles. The maximum absolute atomic E-state index is 13.6. The number of ketones is 2. The van der Waals surface area contributed by atoms with Crippen molar-refractivity contribution in [1.29, 1.82) is 0 Å². The van der Waals surface area contributed by atoms with Crippen LogP contribution in [-0.4, -0.2) is 234 Å². The van der Waals surface area contributed by atoms with Gasteiger partial charge in [0, 0.05) is 85.6 Å². The molecule has 0 aromatic rings. The molecular formula is C61H96O23. The highest BCUT2D eigenvalue weighted by atomic mass is 16.8. The molecule has 4 N–H and O–H groups in total. The van der Waals surface area contributed by atoms with Gasteiger partial charge in [0.25, 0.3) is 0 Å². The Morgan fingerprint density at radius 1 is 0.571 bits per heavy atom. The predicted octanol–water partition coefficient (Wildman–Crippen LogP) is 3.87. The molecule has 7 fully saturated rings. The maximum Gasteiger partial charge on any atom is 0.187 e. The summed E-state index contributed by atoms with van der Waals surface area (Å²) in [7, 11) is 8.10. The molecule has 0 spiro atoms. The van der Waals surface area contributed by atoms with Crippen molar-refractivity contribution in [2.75, 3.05) is 42.2 Å². The predicted molar refractivity (Wildman–Crippen MR) is 293 cm³/mol. The van der Waals surface area contributed by atoms with E-state index in [1.807, 2.05) is 27.7 Å². The van der Waals surface area contributed by atoms with Gasteiger partial charge in [-0.3, -0.25) is 9.59 Å². The minimum atomic E-state index is -1.60. The van der Waals surface area contributed by atoms with Gasteiger partial charge < -0.3 is 101 Å². The van der Waals surface area contributed by atoms with Gasteiger partial charge in [-0.05, 0) is 97.3 Å². The second-order valence-electron chi connectivity index (χ2n) is 25.5. The highest BCUT2D eigenvalue weighted by Crippen LogP contribution is 2.60. The SMILES string of the molecule is CO[C@H]1C[C@H](O[C@@H]2[C@@H](C)O[C@@H](O[C@@H]3[C@@H](C)O[C@@H](O[C@H]4CC[C@@]5(C)C(=CC[C@H]6C7=C(C(=O)C[C@@H]65)[C@@H](C(C)=O)CC7)C4)C[C@H]3OC)C[C@H]2OC)O[C@H](C)[C@H]1O[C@H]1C[C@H](OC)[C@H](O[C@H]2C[C@@H](OC)[C@@H](O[C@@H]3O[C@H](CO)[C@@H](O)[C@H](O)[C@H]3O)[C@@H](C)O2)[C@@H](C)O1. The second-order valence-corrected chi connectivity index (χ2v) is 25.5. The molecule has 0 radical (unpaired) electrons. The topological polar surface area (TPSA) is 272 Å². The van der Waals surface area contributed by atoms with Crippen LogP contribution in [-0.2, 0) is 90.1 Å². The van der Waals surface area contributed by atoms with Crippen LogP contribution >= 0.6 is 0 Å². The molecule has 84 heavy (non-hydrogen) atoms. The van der Waals surface area contributed by atoms with E-state index in [9.17, 15) is 30.0 Å². The standard InChI is InChI=1S/C61H96O23/c1-27(63)35-15-16-37-36-14-13-33-19-34(17-18-61(33,7)38(36)20-39(64)51(35)37)78-46-21-40(68-8)55(28(2)73-46)80-47-22-41(69-9)56(29(3)74-47)81-48-23-42(70-10)57(30(4)75-48)82-49-24-43(71-11)58(31(5)76-49)83-50-25-44(72-12)59(32(6)77-50)84-60-54(67)53(66)52(65)45(26-62)79-60/h13,28-32,34-36,38,40-50,52-60,62,65-67H,14-26H2,1-12H3/t28-,29-,30-,31-,32-,34+,35-,36+,38+,40-,41-,42+,43+,44-,45-,46+,47+,48+,49+,50+,52-,53+,54-,55-,56-,57-,58-,59+,60+,61+/m1/s1. The number of methoxy groups -OCH3 is 5. The average Bonchev–Trinajstić information content (AvgIpc) is 1.71. The number of carbonyl (C=O) groups is 2. The van der Waals surface area contributed by atoms with Crippen molar-refractivity contribution in [2.45, 2.75) is 285 Å². The molecule has 10 rings (SSSR count). The first kappa shape index (κ1) is 64.9. The number of carbonyl (C=O) groups excluding carboxylic acids is 2. The van der Waals surface area contributed by atoms with Crippen molar-refractivity contribution < 1.29 is 111 Å². The molecule has 0 aromatic carbocycles. The number of Topliss-reactive ketones (excluding diaryl/α,β-unsaturated/α-hetero) is 2. The molecule has 0 bridgehead atoms. The number of aliphatic hydroxyl groups excluding tert-OH is 4. The van der Waals surface area contributed by atoms with E-state index in [4.69, 9.17) is 80.5 Å². The van der Waals surface area contributed by atoms with Gasteiger partial charge in [0.15, 0.2) is 43.5 Å². The minimum absolute atomic E-state index is 0.0291. The molecule has 23 nitrogen and oxygen atoms in total. The lowest BCUT2D eigenvalue weighted by Crippen LogP contribution is -2.62. The zero-order valence-corrected chi connectivity index (χ0v) is 51.1. The highest BCUT2D eigenvalue weighted by Gasteiger charge is 2.55. The Morgan fingerprint density at radius 2 is 0.988 bits per heavy atom. The summed E-state index contributed by atoms with van der Waals surface area (Å²) < 4.78 is 107. The monoisotopic (exact) mass is 1200 g/mol. The molecule has 6 saturated heterocycles. The average molecular weight is 1200 g/mol. The number of allylic oxidation sites excluding steroid dienone is 3.